The third-order valence-electron chi connectivity index (χ3n) is 3.53. The highest BCUT2D eigenvalue weighted by atomic mass is 16.5. The molecule has 0 radical (unpaired) electrons. The van der Waals surface area contributed by atoms with Crippen molar-refractivity contribution < 1.29 is 13.7 Å². The maximum absolute atomic E-state index is 12.4. The molecule has 0 aliphatic carbocycles. The summed E-state index contributed by atoms with van der Waals surface area (Å²) in [5.74, 6) is 0.113. The predicted molar refractivity (Wildman–Crippen MR) is 89.6 cm³/mol. The molecular formula is C18H12N4O3. The Bertz CT molecular complexity index is 994. The number of rotatable bonds is 4. The van der Waals surface area contributed by atoms with Crippen LogP contribution in [-0.4, -0.2) is 21.3 Å². The summed E-state index contributed by atoms with van der Waals surface area (Å²) >= 11 is 0. The highest BCUT2D eigenvalue weighted by molar-refractivity contribution is 6.03. The largest absolute Gasteiger partial charge is 0.423 e. The van der Waals surface area contributed by atoms with Crippen LogP contribution in [0, 0.1) is 0 Å². The standard InChI is InChI=1S/C18H12N4O3/c23-17(16-10-15(22-25-16)12-5-2-1-3-6-12)20-14-8-4-7-13(9-14)18-21-19-11-24-18/h1-11H,(H,20,23). The smallest absolute Gasteiger partial charge is 0.294 e. The molecule has 7 nitrogen and oxygen atoms in total. The molecule has 7 heteroatoms. The lowest BCUT2D eigenvalue weighted by Crippen LogP contribution is -2.10. The summed E-state index contributed by atoms with van der Waals surface area (Å²) in [6, 6.07) is 18.2. The van der Waals surface area contributed by atoms with E-state index in [9.17, 15) is 4.79 Å². The average molecular weight is 332 g/mol. The molecule has 0 unspecified atom stereocenters. The molecule has 0 saturated heterocycles. The van der Waals surface area contributed by atoms with Gasteiger partial charge in [0, 0.05) is 22.9 Å². The van der Waals surface area contributed by atoms with Gasteiger partial charge in [0.05, 0.1) is 0 Å². The van der Waals surface area contributed by atoms with Gasteiger partial charge in [-0.15, -0.1) is 10.2 Å². The van der Waals surface area contributed by atoms with Crippen LogP contribution in [-0.2, 0) is 0 Å². The SMILES string of the molecule is O=C(Nc1cccc(-c2nnco2)c1)c1cc(-c2ccccc2)no1. The zero-order valence-corrected chi connectivity index (χ0v) is 12.9. The van der Waals surface area contributed by atoms with Gasteiger partial charge in [-0.05, 0) is 18.2 Å². The van der Waals surface area contributed by atoms with Crippen molar-refractivity contribution in [3.63, 3.8) is 0 Å². The van der Waals surface area contributed by atoms with Gasteiger partial charge in [-0.25, -0.2) is 0 Å². The Morgan fingerprint density at radius 2 is 1.80 bits per heavy atom. The first kappa shape index (κ1) is 14.8. The molecule has 0 spiro atoms. The minimum absolute atomic E-state index is 0.127. The summed E-state index contributed by atoms with van der Waals surface area (Å²) in [5.41, 5.74) is 2.77. The van der Waals surface area contributed by atoms with Crippen LogP contribution in [0.3, 0.4) is 0 Å². The number of carbonyl (C=O) groups excluding carboxylic acids is 1. The lowest BCUT2D eigenvalue weighted by molar-refractivity contribution is 0.0988. The third-order valence-corrected chi connectivity index (χ3v) is 3.53. The minimum atomic E-state index is -0.391. The molecule has 0 saturated carbocycles. The summed E-state index contributed by atoms with van der Waals surface area (Å²) in [7, 11) is 0. The zero-order valence-electron chi connectivity index (χ0n) is 12.9. The van der Waals surface area contributed by atoms with Crippen molar-refractivity contribution in [3.8, 4) is 22.7 Å². The molecule has 25 heavy (non-hydrogen) atoms. The van der Waals surface area contributed by atoms with E-state index in [0.717, 1.165) is 5.56 Å². The van der Waals surface area contributed by atoms with Crippen molar-refractivity contribution >= 4 is 11.6 Å². The van der Waals surface area contributed by atoms with Crippen LogP contribution in [0.4, 0.5) is 5.69 Å². The topological polar surface area (TPSA) is 94.1 Å². The van der Waals surface area contributed by atoms with E-state index >= 15 is 0 Å². The van der Waals surface area contributed by atoms with E-state index in [0.29, 0.717) is 22.8 Å². The summed E-state index contributed by atoms with van der Waals surface area (Å²) in [4.78, 5) is 12.4. The lowest BCUT2D eigenvalue weighted by atomic mass is 10.1. The molecule has 0 fully saturated rings. The Morgan fingerprint density at radius 3 is 2.60 bits per heavy atom. The Kier molecular flexibility index (Phi) is 3.80. The monoisotopic (exact) mass is 332 g/mol. The Balaban J connectivity index is 1.53. The van der Waals surface area contributed by atoms with Crippen molar-refractivity contribution in [1.82, 2.24) is 15.4 Å². The molecule has 1 N–H and O–H groups in total. The first-order chi connectivity index (χ1) is 12.3. The molecule has 0 aliphatic rings. The van der Waals surface area contributed by atoms with Gasteiger partial charge in [0.15, 0.2) is 0 Å². The number of anilines is 1. The molecule has 122 valence electrons. The van der Waals surface area contributed by atoms with Gasteiger partial charge in [-0.1, -0.05) is 41.6 Å². The molecular weight excluding hydrogens is 320 g/mol. The van der Waals surface area contributed by atoms with Crippen molar-refractivity contribution in [2.75, 3.05) is 5.32 Å². The first-order valence-corrected chi connectivity index (χ1v) is 7.50. The quantitative estimate of drug-likeness (QED) is 0.613. The fourth-order valence-electron chi connectivity index (χ4n) is 2.35. The van der Waals surface area contributed by atoms with E-state index in [-0.39, 0.29) is 5.76 Å². The van der Waals surface area contributed by atoms with Crippen LogP contribution in [0.1, 0.15) is 10.6 Å². The molecule has 2 heterocycles. The summed E-state index contributed by atoms with van der Waals surface area (Å²) in [6.45, 7) is 0. The van der Waals surface area contributed by atoms with Gasteiger partial charge in [0.1, 0.15) is 5.69 Å². The normalized spacial score (nSPS) is 10.6. The van der Waals surface area contributed by atoms with E-state index in [1.807, 2.05) is 36.4 Å². The summed E-state index contributed by atoms with van der Waals surface area (Å²) < 4.78 is 10.3. The maximum Gasteiger partial charge on any atom is 0.294 e. The van der Waals surface area contributed by atoms with E-state index in [1.54, 1.807) is 24.3 Å². The summed E-state index contributed by atoms with van der Waals surface area (Å²) in [5, 5.41) is 14.2. The van der Waals surface area contributed by atoms with Gasteiger partial charge >= 0.3 is 0 Å². The molecule has 4 aromatic rings. The lowest BCUT2D eigenvalue weighted by Gasteiger charge is -2.03. The van der Waals surface area contributed by atoms with Crippen LogP contribution >= 0.6 is 0 Å². The highest BCUT2D eigenvalue weighted by Crippen LogP contribution is 2.22. The van der Waals surface area contributed by atoms with Crippen molar-refractivity contribution in [2.24, 2.45) is 0 Å². The van der Waals surface area contributed by atoms with Gasteiger partial charge < -0.3 is 14.3 Å². The minimum Gasteiger partial charge on any atom is -0.423 e. The van der Waals surface area contributed by atoms with E-state index in [1.165, 1.54) is 6.39 Å². The van der Waals surface area contributed by atoms with Crippen molar-refractivity contribution in [2.45, 2.75) is 0 Å². The van der Waals surface area contributed by atoms with E-state index in [2.05, 4.69) is 20.7 Å². The van der Waals surface area contributed by atoms with Crippen LogP contribution in [0.25, 0.3) is 22.7 Å². The Hall–Kier alpha value is -3.74. The van der Waals surface area contributed by atoms with Crippen LogP contribution in [0.5, 0.6) is 0 Å². The second-order valence-corrected chi connectivity index (χ2v) is 5.22. The Morgan fingerprint density at radius 1 is 0.960 bits per heavy atom. The summed E-state index contributed by atoms with van der Waals surface area (Å²) in [6.07, 6.45) is 1.25. The third kappa shape index (κ3) is 3.16. The van der Waals surface area contributed by atoms with Crippen LogP contribution in [0.15, 0.2) is 76.0 Å². The Labute approximate surface area is 142 Å². The number of carbonyl (C=O) groups is 1. The number of nitrogens with zero attached hydrogens (tertiary/aromatic N) is 3. The van der Waals surface area contributed by atoms with Crippen LogP contribution < -0.4 is 5.32 Å². The van der Waals surface area contributed by atoms with E-state index in [4.69, 9.17) is 8.94 Å². The van der Waals surface area contributed by atoms with Gasteiger partial charge in [-0.2, -0.15) is 0 Å². The number of hydrogen-bond acceptors (Lipinski definition) is 6. The molecule has 2 aromatic carbocycles. The molecule has 2 aromatic heterocycles. The fourth-order valence-corrected chi connectivity index (χ4v) is 2.35. The molecule has 4 rings (SSSR count). The van der Waals surface area contributed by atoms with E-state index < -0.39 is 5.91 Å². The molecule has 1 amide bonds. The van der Waals surface area contributed by atoms with Gasteiger partial charge in [-0.3, -0.25) is 4.79 Å². The predicted octanol–water partition coefficient (Wildman–Crippen LogP) is 3.64. The maximum atomic E-state index is 12.4. The number of benzene rings is 2. The van der Waals surface area contributed by atoms with Gasteiger partial charge in [0.25, 0.3) is 5.91 Å². The highest BCUT2D eigenvalue weighted by Gasteiger charge is 2.15. The van der Waals surface area contributed by atoms with Crippen molar-refractivity contribution in [3.05, 3.63) is 72.8 Å². The molecule has 0 aliphatic heterocycles. The fraction of sp³-hybridized carbons (Fsp3) is 0. The van der Waals surface area contributed by atoms with Gasteiger partial charge in [0.2, 0.25) is 18.0 Å². The molecule has 0 atom stereocenters. The first-order valence-electron chi connectivity index (χ1n) is 7.50. The second-order valence-electron chi connectivity index (χ2n) is 5.22. The molecule has 0 bridgehead atoms. The zero-order chi connectivity index (χ0) is 17.1. The second kappa shape index (κ2) is 6.40. The average Bonchev–Trinajstić information content (AvgIpc) is 3.35. The number of hydrogen-bond donors (Lipinski definition) is 1. The van der Waals surface area contributed by atoms with Crippen molar-refractivity contribution in [1.29, 1.82) is 0 Å². The number of nitrogens with one attached hydrogen (secondary N) is 1. The number of aromatic nitrogens is 3. The number of amides is 1. The van der Waals surface area contributed by atoms with Crippen LogP contribution in [0.2, 0.25) is 0 Å².